The highest BCUT2D eigenvalue weighted by atomic mass is 14.3. The second-order valence-electron chi connectivity index (χ2n) is 5.41. The Morgan fingerprint density at radius 3 is 2.19 bits per heavy atom. The van der Waals surface area contributed by atoms with Crippen molar-refractivity contribution in [2.45, 2.75) is 79.6 Å². The summed E-state index contributed by atoms with van der Waals surface area (Å²) in [6.07, 6.45) is 14.0. The van der Waals surface area contributed by atoms with Gasteiger partial charge in [-0.2, -0.15) is 0 Å². The van der Waals surface area contributed by atoms with Gasteiger partial charge in [-0.15, -0.1) is 0 Å². The maximum absolute atomic E-state index is 2.49. The fourth-order valence-corrected chi connectivity index (χ4v) is 2.63. The molecule has 0 aromatic carbocycles. The van der Waals surface area contributed by atoms with Gasteiger partial charge >= 0.3 is 0 Å². The van der Waals surface area contributed by atoms with E-state index in [1.807, 2.05) is 0 Å². The minimum Gasteiger partial charge on any atom is -0.0916 e. The summed E-state index contributed by atoms with van der Waals surface area (Å²) >= 11 is 0. The summed E-state index contributed by atoms with van der Waals surface area (Å²) in [5, 5.41) is 0. The van der Waals surface area contributed by atoms with Crippen molar-refractivity contribution in [3.63, 3.8) is 0 Å². The second kappa shape index (κ2) is 8.84. The Kier molecular flexibility index (Phi) is 8.70. The normalized spacial score (nSPS) is 17.6. The van der Waals surface area contributed by atoms with E-state index in [-0.39, 0.29) is 0 Å². The van der Waals surface area contributed by atoms with Crippen LogP contribution in [0.4, 0.5) is 0 Å². The molecule has 0 aromatic heterocycles. The molecule has 0 aliphatic carbocycles. The van der Waals surface area contributed by atoms with Gasteiger partial charge in [0, 0.05) is 0 Å². The van der Waals surface area contributed by atoms with Gasteiger partial charge in [0.2, 0.25) is 0 Å². The first-order valence-electron chi connectivity index (χ1n) is 7.25. The minimum absolute atomic E-state index is 0.525. The fourth-order valence-electron chi connectivity index (χ4n) is 2.63. The number of rotatable bonds is 9. The molecule has 2 unspecified atom stereocenters. The largest absolute Gasteiger partial charge is 0.0916 e. The van der Waals surface area contributed by atoms with Crippen molar-refractivity contribution in [2.75, 3.05) is 0 Å². The van der Waals surface area contributed by atoms with E-state index in [2.05, 4.69) is 46.8 Å². The van der Waals surface area contributed by atoms with Gasteiger partial charge in [0.25, 0.3) is 0 Å². The highest BCUT2D eigenvalue weighted by molar-refractivity contribution is 4.90. The Bertz CT molecular complexity index is 180. The van der Waals surface area contributed by atoms with Crippen LogP contribution >= 0.6 is 0 Å². The molecule has 16 heavy (non-hydrogen) atoms. The van der Waals surface area contributed by atoms with Crippen LogP contribution in [0, 0.1) is 11.3 Å². The van der Waals surface area contributed by atoms with E-state index >= 15 is 0 Å². The van der Waals surface area contributed by atoms with Gasteiger partial charge in [0.15, 0.2) is 0 Å². The molecule has 96 valence electrons. The van der Waals surface area contributed by atoms with E-state index in [9.17, 15) is 0 Å². The molecule has 0 aliphatic rings. The van der Waals surface area contributed by atoms with E-state index in [0.29, 0.717) is 5.41 Å². The van der Waals surface area contributed by atoms with Crippen LogP contribution in [0.3, 0.4) is 0 Å². The third-order valence-corrected chi connectivity index (χ3v) is 4.16. The van der Waals surface area contributed by atoms with Crippen molar-refractivity contribution in [1.82, 2.24) is 0 Å². The average Bonchev–Trinajstić information content (AvgIpc) is 2.31. The van der Waals surface area contributed by atoms with E-state index in [1.54, 1.807) is 0 Å². The summed E-state index contributed by atoms with van der Waals surface area (Å²) in [5.41, 5.74) is 0.525. The predicted octanol–water partition coefficient (Wildman–Crippen LogP) is 5.98. The van der Waals surface area contributed by atoms with Crippen LogP contribution in [0.15, 0.2) is 12.2 Å². The first-order chi connectivity index (χ1) is 7.64. The quantitative estimate of drug-likeness (QED) is 0.423. The fraction of sp³-hybridized carbons (Fsp3) is 0.875. The lowest BCUT2D eigenvalue weighted by molar-refractivity contribution is 0.153. The Hall–Kier alpha value is -0.260. The molecule has 0 amide bonds. The van der Waals surface area contributed by atoms with Gasteiger partial charge in [-0.3, -0.25) is 0 Å². The number of hydrogen-bond donors (Lipinski definition) is 0. The van der Waals surface area contributed by atoms with E-state index in [0.717, 1.165) is 5.92 Å². The van der Waals surface area contributed by atoms with Gasteiger partial charge in [0.05, 0.1) is 0 Å². The lowest BCUT2D eigenvalue weighted by Crippen LogP contribution is -2.26. The molecule has 0 rings (SSSR count). The van der Waals surface area contributed by atoms with Gasteiger partial charge in [-0.05, 0) is 31.1 Å². The zero-order valence-corrected chi connectivity index (χ0v) is 12.2. The molecular formula is C16H32. The first kappa shape index (κ1) is 15.7. The third kappa shape index (κ3) is 5.18. The molecule has 0 saturated heterocycles. The summed E-state index contributed by atoms with van der Waals surface area (Å²) in [6.45, 7) is 11.6. The second-order valence-corrected chi connectivity index (χ2v) is 5.41. The molecular weight excluding hydrogens is 192 g/mol. The smallest absolute Gasteiger partial charge is 0.0266 e. The van der Waals surface area contributed by atoms with E-state index in [1.165, 1.54) is 44.9 Å². The van der Waals surface area contributed by atoms with E-state index in [4.69, 9.17) is 0 Å². The molecule has 0 spiro atoms. The first-order valence-corrected chi connectivity index (χ1v) is 7.25. The Labute approximate surface area is 104 Å². The number of hydrogen-bond acceptors (Lipinski definition) is 0. The van der Waals surface area contributed by atoms with Gasteiger partial charge in [-0.1, -0.05) is 72.0 Å². The molecule has 0 fully saturated rings. The lowest BCUT2D eigenvalue weighted by Gasteiger charge is -2.37. The Balaban J connectivity index is 4.52. The van der Waals surface area contributed by atoms with Crippen LogP contribution < -0.4 is 0 Å². The predicted molar refractivity (Wildman–Crippen MR) is 75.8 cm³/mol. The standard InChI is InChI=1S/C16H32/c1-6-10-13-15(12-8-3)16(5,9-4)14-11-7-2/h7,11,15H,6,8-10,12-14H2,1-5H3. The van der Waals surface area contributed by atoms with Crippen LogP contribution in [0.25, 0.3) is 0 Å². The molecule has 0 N–H and O–H groups in total. The van der Waals surface area contributed by atoms with Gasteiger partial charge < -0.3 is 0 Å². The average molecular weight is 224 g/mol. The SMILES string of the molecule is CC=CCC(C)(CC)C(CCC)CCCC. The third-order valence-electron chi connectivity index (χ3n) is 4.16. The zero-order valence-electron chi connectivity index (χ0n) is 12.2. The maximum Gasteiger partial charge on any atom is -0.0266 e. The van der Waals surface area contributed by atoms with Crippen LogP contribution in [-0.4, -0.2) is 0 Å². The molecule has 0 aliphatic heterocycles. The van der Waals surface area contributed by atoms with Crippen molar-refractivity contribution in [2.24, 2.45) is 11.3 Å². The van der Waals surface area contributed by atoms with Crippen LogP contribution in [0.1, 0.15) is 79.6 Å². The monoisotopic (exact) mass is 224 g/mol. The minimum atomic E-state index is 0.525. The molecule has 0 nitrogen and oxygen atoms in total. The molecule has 0 aromatic rings. The Morgan fingerprint density at radius 1 is 1.06 bits per heavy atom. The summed E-state index contributed by atoms with van der Waals surface area (Å²) in [7, 11) is 0. The maximum atomic E-state index is 2.49. The van der Waals surface area contributed by atoms with Crippen molar-refractivity contribution in [3.8, 4) is 0 Å². The van der Waals surface area contributed by atoms with Gasteiger partial charge in [0.1, 0.15) is 0 Å². The number of allylic oxidation sites excluding steroid dienone is 2. The molecule has 0 bridgehead atoms. The number of unbranched alkanes of at least 4 members (excludes halogenated alkanes) is 1. The molecule has 0 heteroatoms. The van der Waals surface area contributed by atoms with Crippen molar-refractivity contribution < 1.29 is 0 Å². The lowest BCUT2D eigenvalue weighted by atomic mass is 9.68. The summed E-state index contributed by atoms with van der Waals surface area (Å²) < 4.78 is 0. The molecule has 0 radical (unpaired) electrons. The molecule has 0 saturated carbocycles. The molecule has 2 atom stereocenters. The Morgan fingerprint density at radius 2 is 1.75 bits per heavy atom. The topological polar surface area (TPSA) is 0 Å². The van der Waals surface area contributed by atoms with Crippen molar-refractivity contribution in [1.29, 1.82) is 0 Å². The van der Waals surface area contributed by atoms with Crippen molar-refractivity contribution >= 4 is 0 Å². The summed E-state index contributed by atoms with van der Waals surface area (Å²) in [5.74, 6) is 0.915. The molecule has 0 heterocycles. The van der Waals surface area contributed by atoms with E-state index < -0.39 is 0 Å². The van der Waals surface area contributed by atoms with Crippen LogP contribution in [0.2, 0.25) is 0 Å². The van der Waals surface area contributed by atoms with Crippen molar-refractivity contribution in [3.05, 3.63) is 12.2 Å². The van der Waals surface area contributed by atoms with Crippen LogP contribution in [-0.2, 0) is 0 Å². The zero-order chi connectivity index (χ0) is 12.4. The van der Waals surface area contributed by atoms with Gasteiger partial charge in [-0.25, -0.2) is 0 Å². The summed E-state index contributed by atoms with van der Waals surface area (Å²) in [4.78, 5) is 0. The highest BCUT2D eigenvalue weighted by Gasteiger charge is 2.29. The highest BCUT2D eigenvalue weighted by Crippen LogP contribution is 2.40. The van der Waals surface area contributed by atoms with Crippen LogP contribution in [0.5, 0.6) is 0 Å². The summed E-state index contributed by atoms with van der Waals surface area (Å²) in [6, 6.07) is 0.